The van der Waals surface area contributed by atoms with Crippen LogP contribution in [-0.2, 0) is 4.74 Å². The van der Waals surface area contributed by atoms with Crippen molar-refractivity contribution in [3.05, 3.63) is 72.3 Å². The van der Waals surface area contributed by atoms with Gasteiger partial charge in [-0.3, -0.25) is 0 Å². The summed E-state index contributed by atoms with van der Waals surface area (Å²) in [5.41, 5.74) is 3.97. The monoisotopic (exact) mass is 320 g/mol. The molecule has 0 aliphatic carbocycles. The van der Waals surface area contributed by atoms with Crippen molar-refractivity contribution in [3.63, 3.8) is 0 Å². The van der Waals surface area contributed by atoms with Gasteiger partial charge in [-0.25, -0.2) is 4.79 Å². The fourth-order valence-corrected chi connectivity index (χ4v) is 2.56. The summed E-state index contributed by atoms with van der Waals surface area (Å²) in [7, 11) is 1.34. The van der Waals surface area contributed by atoms with Crippen molar-refractivity contribution in [2.75, 3.05) is 7.11 Å². The van der Waals surface area contributed by atoms with E-state index >= 15 is 0 Å². The summed E-state index contributed by atoms with van der Waals surface area (Å²) in [5, 5.41) is 19.0. The van der Waals surface area contributed by atoms with Gasteiger partial charge >= 0.3 is 5.97 Å². The second-order valence-corrected chi connectivity index (χ2v) is 5.35. The number of aromatic hydroxyl groups is 2. The fraction of sp³-hybridized carbons (Fsp3) is 0.0500. The third-order valence-corrected chi connectivity index (χ3v) is 3.80. The third kappa shape index (κ3) is 3.08. The molecule has 0 aliphatic heterocycles. The average molecular weight is 320 g/mol. The minimum Gasteiger partial charge on any atom is -0.508 e. The Labute approximate surface area is 139 Å². The number of phenols is 2. The Morgan fingerprint density at radius 3 is 1.75 bits per heavy atom. The van der Waals surface area contributed by atoms with Gasteiger partial charge < -0.3 is 14.9 Å². The van der Waals surface area contributed by atoms with Crippen LogP contribution in [0.15, 0.2) is 66.7 Å². The van der Waals surface area contributed by atoms with Crippen LogP contribution in [-0.4, -0.2) is 23.3 Å². The SMILES string of the molecule is COC(=O)c1ccc(-c2ccc(O)cc2)c(-c2ccc(O)cc2)c1. The van der Waals surface area contributed by atoms with Gasteiger partial charge in [-0.1, -0.05) is 30.3 Å². The number of carbonyl (C=O) groups is 1. The predicted octanol–water partition coefficient (Wildman–Crippen LogP) is 4.22. The van der Waals surface area contributed by atoms with Crippen LogP contribution in [0.1, 0.15) is 10.4 Å². The highest BCUT2D eigenvalue weighted by Gasteiger charge is 2.13. The summed E-state index contributed by atoms with van der Waals surface area (Å²) < 4.78 is 4.80. The molecule has 4 nitrogen and oxygen atoms in total. The first-order valence-electron chi connectivity index (χ1n) is 7.39. The van der Waals surface area contributed by atoms with Gasteiger partial charge in [-0.2, -0.15) is 0 Å². The molecule has 0 bridgehead atoms. The van der Waals surface area contributed by atoms with Gasteiger partial charge in [-0.15, -0.1) is 0 Å². The molecule has 2 N–H and O–H groups in total. The number of rotatable bonds is 3. The highest BCUT2D eigenvalue weighted by molar-refractivity contribution is 5.94. The molecule has 0 aromatic heterocycles. The minimum absolute atomic E-state index is 0.175. The number of ether oxygens (including phenoxy) is 1. The Kier molecular flexibility index (Phi) is 4.20. The molecule has 3 aromatic carbocycles. The van der Waals surface area contributed by atoms with E-state index in [4.69, 9.17) is 4.74 Å². The topological polar surface area (TPSA) is 66.8 Å². The van der Waals surface area contributed by atoms with E-state index in [0.717, 1.165) is 22.3 Å². The zero-order chi connectivity index (χ0) is 17.1. The van der Waals surface area contributed by atoms with Gasteiger partial charge in [0.05, 0.1) is 12.7 Å². The minimum atomic E-state index is -0.410. The number of phenolic OH excluding ortho intramolecular Hbond substituents is 2. The number of carbonyl (C=O) groups excluding carboxylic acids is 1. The van der Waals surface area contributed by atoms with Gasteiger partial charge in [0.2, 0.25) is 0 Å². The predicted molar refractivity (Wildman–Crippen MR) is 92.0 cm³/mol. The lowest BCUT2D eigenvalue weighted by atomic mass is 9.92. The Bertz CT molecular complexity index is 865. The van der Waals surface area contributed by atoms with E-state index in [1.165, 1.54) is 7.11 Å². The molecule has 0 saturated carbocycles. The maximum absolute atomic E-state index is 11.8. The van der Waals surface area contributed by atoms with Crippen molar-refractivity contribution in [2.45, 2.75) is 0 Å². The van der Waals surface area contributed by atoms with Crippen LogP contribution in [0.25, 0.3) is 22.3 Å². The molecule has 0 atom stereocenters. The van der Waals surface area contributed by atoms with E-state index in [1.54, 1.807) is 48.5 Å². The first-order chi connectivity index (χ1) is 11.6. The number of benzene rings is 3. The molecule has 0 saturated heterocycles. The smallest absolute Gasteiger partial charge is 0.337 e. The highest BCUT2D eigenvalue weighted by atomic mass is 16.5. The molecule has 0 amide bonds. The van der Waals surface area contributed by atoms with Crippen LogP contribution < -0.4 is 0 Å². The summed E-state index contributed by atoms with van der Waals surface area (Å²) in [4.78, 5) is 11.8. The largest absolute Gasteiger partial charge is 0.508 e. The normalized spacial score (nSPS) is 10.4. The molecule has 120 valence electrons. The summed E-state index contributed by atoms with van der Waals surface area (Å²) in [6, 6.07) is 18.9. The summed E-state index contributed by atoms with van der Waals surface area (Å²) in [5.74, 6) is -0.0440. The molecular weight excluding hydrogens is 304 g/mol. The van der Waals surface area contributed by atoms with Gasteiger partial charge in [0, 0.05) is 0 Å². The highest BCUT2D eigenvalue weighted by Crippen LogP contribution is 2.34. The Morgan fingerprint density at radius 1 is 0.750 bits per heavy atom. The van der Waals surface area contributed by atoms with E-state index in [1.807, 2.05) is 18.2 Å². The number of hydrogen-bond donors (Lipinski definition) is 2. The van der Waals surface area contributed by atoms with E-state index in [0.29, 0.717) is 5.56 Å². The molecule has 0 heterocycles. The Balaban J connectivity index is 2.19. The van der Waals surface area contributed by atoms with Crippen LogP contribution in [0.5, 0.6) is 11.5 Å². The molecule has 4 heteroatoms. The van der Waals surface area contributed by atoms with Crippen molar-refractivity contribution in [1.29, 1.82) is 0 Å². The molecule has 0 unspecified atom stereocenters. The van der Waals surface area contributed by atoms with E-state index in [-0.39, 0.29) is 11.5 Å². The van der Waals surface area contributed by atoms with Gasteiger partial charge in [-0.05, 0) is 58.7 Å². The molecule has 0 radical (unpaired) electrons. The standard InChI is InChI=1S/C20H16O4/c1-24-20(23)15-6-11-18(13-2-7-16(21)8-3-13)19(12-15)14-4-9-17(22)10-5-14/h2-12,21-22H,1H3. The first-order valence-corrected chi connectivity index (χ1v) is 7.39. The maximum Gasteiger partial charge on any atom is 0.337 e. The molecule has 0 fully saturated rings. The van der Waals surface area contributed by atoms with Crippen molar-refractivity contribution in [2.24, 2.45) is 0 Å². The fourth-order valence-electron chi connectivity index (χ4n) is 2.56. The zero-order valence-corrected chi connectivity index (χ0v) is 13.1. The van der Waals surface area contributed by atoms with Crippen molar-refractivity contribution < 1.29 is 19.7 Å². The third-order valence-electron chi connectivity index (χ3n) is 3.80. The van der Waals surface area contributed by atoms with E-state index in [2.05, 4.69) is 0 Å². The first kappa shape index (κ1) is 15.6. The van der Waals surface area contributed by atoms with Crippen LogP contribution in [0.2, 0.25) is 0 Å². The molecule has 24 heavy (non-hydrogen) atoms. The number of methoxy groups -OCH3 is 1. The lowest BCUT2D eigenvalue weighted by Gasteiger charge is -2.12. The average Bonchev–Trinajstić information content (AvgIpc) is 2.62. The lowest BCUT2D eigenvalue weighted by Crippen LogP contribution is -2.01. The summed E-state index contributed by atoms with van der Waals surface area (Å²) in [6.45, 7) is 0. The Morgan fingerprint density at radius 2 is 1.25 bits per heavy atom. The molecule has 0 aliphatic rings. The van der Waals surface area contributed by atoms with Crippen LogP contribution in [0, 0.1) is 0 Å². The van der Waals surface area contributed by atoms with Crippen molar-refractivity contribution >= 4 is 5.97 Å². The maximum atomic E-state index is 11.8. The number of hydrogen-bond acceptors (Lipinski definition) is 4. The van der Waals surface area contributed by atoms with E-state index < -0.39 is 5.97 Å². The van der Waals surface area contributed by atoms with Crippen LogP contribution >= 0.6 is 0 Å². The molecule has 0 spiro atoms. The van der Waals surface area contributed by atoms with Crippen molar-refractivity contribution in [3.8, 4) is 33.8 Å². The molecule has 3 aromatic rings. The Hall–Kier alpha value is -3.27. The van der Waals surface area contributed by atoms with Crippen LogP contribution in [0.4, 0.5) is 0 Å². The summed E-state index contributed by atoms with van der Waals surface area (Å²) >= 11 is 0. The van der Waals surface area contributed by atoms with Gasteiger partial charge in [0.25, 0.3) is 0 Å². The second-order valence-electron chi connectivity index (χ2n) is 5.35. The molecule has 3 rings (SSSR count). The van der Waals surface area contributed by atoms with Gasteiger partial charge in [0.1, 0.15) is 11.5 Å². The lowest BCUT2D eigenvalue weighted by molar-refractivity contribution is 0.0601. The van der Waals surface area contributed by atoms with Gasteiger partial charge in [0.15, 0.2) is 0 Å². The summed E-state index contributed by atoms with van der Waals surface area (Å²) in [6.07, 6.45) is 0. The quantitative estimate of drug-likeness (QED) is 0.709. The van der Waals surface area contributed by atoms with Crippen LogP contribution in [0.3, 0.4) is 0 Å². The second kappa shape index (κ2) is 6.46. The molecular formula is C20H16O4. The number of esters is 1. The zero-order valence-electron chi connectivity index (χ0n) is 13.1. The van der Waals surface area contributed by atoms with E-state index in [9.17, 15) is 15.0 Å². The van der Waals surface area contributed by atoms with Crippen molar-refractivity contribution in [1.82, 2.24) is 0 Å².